The highest BCUT2D eigenvalue weighted by Crippen LogP contribution is 2.19. The van der Waals surface area contributed by atoms with Crippen LogP contribution in [0.3, 0.4) is 0 Å². The van der Waals surface area contributed by atoms with Gasteiger partial charge < -0.3 is 14.2 Å². The Morgan fingerprint density at radius 1 is 0.299 bits per heavy atom. The lowest BCUT2D eigenvalue weighted by molar-refractivity contribution is -0.167. The van der Waals surface area contributed by atoms with Crippen molar-refractivity contribution < 1.29 is 28.6 Å². The van der Waals surface area contributed by atoms with E-state index < -0.39 is 6.10 Å². The van der Waals surface area contributed by atoms with Crippen molar-refractivity contribution >= 4 is 17.9 Å². The Balaban J connectivity index is 4.27. The quantitative estimate of drug-likeness (QED) is 0.0343. The summed E-state index contributed by atoms with van der Waals surface area (Å²) in [6.07, 6.45) is 55.2. The summed E-state index contributed by atoms with van der Waals surface area (Å²) in [7, 11) is 0. The normalized spacial score (nSPS) is 12.5. The second-order valence-corrected chi connectivity index (χ2v) is 22.2. The molecule has 0 saturated heterocycles. The minimum atomic E-state index is -0.764. The molecule has 0 heterocycles. The Morgan fingerprint density at radius 3 is 0.776 bits per heavy atom. The summed E-state index contributed by atoms with van der Waals surface area (Å²) >= 11 is 0. The van der Waals surface area contributed by atoms with Crippen molar-refractivity contribution in [1.82, 2.24) is 0 Å². The lowest BCUT2D eigenvalue weighted by Crippen LogP contribution is -2.30. The molecule has 67 heavy (non-hydrogen) atoms. The third-order valence-electron chi connectivity index (χ3n) is 14.3. The Kier molecular flexibility index (Phi) is 51.0. The number of carbonyl (C=O) groups is 3. The number of rotatable bonds is 54. The van der Waals surface area contributed by atoms with Crippen molar-refractivity contribution in [3.05, 3.63) is 0 Å². The lowest BCUT2D eigenvalue weighted by atomic mass is 9.99. The molecule has 0 aliphatic rings. The Labute approximate surface area is 418 Å². The van der Waals surface area contributed by atoms with Crippen molar-refractivity contribution in [3.63, 3.8) is 0 Å². The summed E-state index contributed by atoms with van der Waals surface area (Å²) in [6.45, 7) is 13.8. The molecule has 0 amide bonds. The molecule has 0 aliphatic heterocycles. The van der Waals surface area contributed by atoms with Crippen LogP contribution in [0, 0.1) is 17.8 Å². The van der Waals surface area contributed by atoms with Crippen molar-refractivity contribution in [3.8, 4) is 0 Å². The minimum Gasteiger partial charge on any atom is -0.462 e. The molecule has 0 bridgehead atoms. The second kappa shape index (κ2) is 52.2. The Morgan fingerprint density at radius 2 is 0.522 bits per heavy atom. The largest absolute Gasteiger partial charge is 0.462 e. The molecule has 0 aromatic rings. The van der Waals surface area contributed by atoms with E-state index in [0.29, 0.717) is 19.3 Å². The maximum absolute atomic E-state index is 12.9. The van der Waals surface area contributed by atoms with Crippen molar-refractivity contribution in [2.75, 3.05) is 13.2 Å². The zero-order valence-electron chi connectivity index (χ0n) is 46.2. The maximum Gasteiger partial charge on any atom is 0.306 e. The zero-order valence-corrected chi connectivity index (χ0v) is 46.2. The van der Waals surface area contributed by atoms with Gasteiger partial charge in [-0.25, -0.2) is 0 Å². The summed E-state index contributed by atoms with van der Waals surface area (Å²) in [4.78, 5) is 38.2. The predicted molar refractivity (Wildman–Crippen MR) is 289 cm³/mol. The average molecular weight is 948 g/mol. The molecule has 1 unspecified atom stereocenters. The first kappa shape index (κ1) is 65.4. The molecule has 0 N–H and O–H groups in total. The highest BCUT2D eigenvalue weighted by Gasteiger charge is 2.19. The molecule has 0 aromatic carbocycles. The number of hydrogen-bond donors (Lipinski definition) is 0. The molecule has 0 rings (SSSR count). The van der Waals surface area contributed by atoms with Gasteiger partial charge in [-0.05, 0) is 37.0 Å². The fraction of sp³-hybridized carbons (Fsp3) is 0.951. The number of carbonyl (C=O) groups excluding carboxylic acids is 3. The molecule has 398 valence electrons. The molecule has 0 spiro atoms. The van der Waals surface area contributed by atoms with E-state index in [-0.39, 0.29) is 31.1 Å². The lowest BCUT2D eigenvalue weighted by Gasteiger charge is -2.18. The maximum atomic E-state index is 12.9. The number of hydrogen-bond acceptors (Lipinski definition) is 6. The summed E-state index contributed by atoms with van der Waals surface area (Å²) in [6, 6.07) is 0. The summed E-state index contributed by atoms with van der Waals surface area (Å²) in [5.41, 5.74) is 0. The van der Waals surface area contributed by atoms with Gasteiger partial charge in [0.2, 0.25) is 0 Å². The standard InChI is InChI=1S/C61H118O6/c1-7-57(6)49-43-37-31-27-28-33-39-45-51-60(63)66-54-58(67-61(64)52-46-40-34-26-22-18-14-10-12-16-20-24-30-36-42-48-56(4)5)53-65-59(62)50-44-38-32-25-21-17-13-9-8-11-15-19-23-29-35-41-47-55(2)3/h55-58H,7-54H2,1-6H3/t57?,58-/m1/s1. The van der Waals surface area contributed by atoms with E-state index in [0.717, 1.165) is 75.5 Å². The van der Waals surface area contributed by atoms with Crippen LogP contribution in [0.1, 0.15) is 337 Å². The molecule has 0 saturated carbocycles. The van der Waals surface area contributed by atoms with Crippen molar-refractivity contribution in [2.24, 2.45) is 17.8 Å². The average Bonchev–Trinajstić information content (AvgIpc) is 3.30. The van der Waals surface area contributed by atoms with Gasteiger partial charge in [0, 0.05) is 19.3 Å². The monoisotopic (exact) mass is 947 g/mol. The van der Waals surface area contributed by atoms with Crippen molar-refractivity contribution in [2.45, 2.75) is 343 Å². The van der Waals surface area contributed by atoms with Crippen LogP contribution in [0.4, 0.5) is 0 Å². The molecule has 2 atom stereocenters. The van der Waals surface area contributed by atoms with Gasteiger partial charge in [-0.3, -0.25) is 14.4 Å². The van der Waals surface area contributed by atoms with E-state index in [1.807, 2.05) is 0 Å². The van der Waals surface area contributed by atoms with Crippen LogP contribution in [0.15, 0.2) is 0 Å². The van der Waals surface area contributed by atoms with Gasteiger partial charge in [0.1, 0.15) is 13.2 Å². The van der Waals surface area contributed by atoms with Gasteiger partial charge in [0.15, 0.2) is 6.10 Å². The first-order chi connectivity index (χ1) is 32.6. The van der Waals surface area contributed by atoms with Gasteiger partial charge in [-0.15, -0.1) is 0 Å². The van der Waals surface area contributed by atoms with Crippen LogP contribution < -0.4 is 0 Å². The van der Waals surface area contributed by atoms with E-state index >= 15 is 0 Å². The highest BCUT2D eigenvalue weighted by molar-refractivity contribution is 5.71. The smallest absolute Gasteiger partial charge is 0.306 e. The van der Waals surface area contributed by atoms with Crippen molar-refractivity contribution in [1.29, 1.82) is 0 Å². The number of unbranched alkanes of at least 4 members (excludes halogenated alkanes) is 36. The predicted octanol–water partition coefficient (Wildman–Crippen LogP) is 19.9. The van der Waals surface area contributed by atoms with E-state index in [9.17, 15) is 14.4 Å². The van der Waals surface area contributed by atoms with Gasteiger partial charge in [0.25, 0.3) is 0 Å². The van der Waals surface area contributed by atoms with Crippen LogP contribution in [0.25, 0.3) is 0 Å². The molecule has 0 aliphatic carbocycles. The third-order valence-corrected chi connectivity index (χ3v) is 14.3. The van der Waals surface area contributed by atoms with Crippen LogP contribution in [0.2, 0.25) is 0 Å². The molecular weight excluding hydrogens is 829 g/mol. The summed E-state index contributed by atoms with van der Waals surface area (Å²) < 4.78 is 16.9. The fourth-order valence-electron chi connectivity index (χ4n) is 9.32. The molecule has 0 aromatic heterocycles. The Bertz CT molecular complexity index is 1040. The topological polar surface area (TPSA) is 78.9 Å². The van der Waals surface area contributed by atoms with Gasteiger partial charge in [0.05, 0.1) is 0 Å². The third kappa shape index (κ3) is 53.6. The summed E-state index contributed by atoms with van der Waals surface area (Å²) in [5.74, 6) is 1.71. The number of ether oxygens (including phenoxy) is 3. The number of esters is 3. The van der Waals surface area contributed by atoms with Crippen LogP contribution in [0.5, 0.6) is 0 Å². The van der Waals surface area contributed by atoms with Crippen LogP contribution in [-0.2, 0) is 28.6 Å². The van der Waals surface area contributed by atoms with Gasteiger partial charge in [-0.1, -0.05) is 298 Å². The van der Waals surface area contributed by atoms with Gasteiger partial charge >= 0.3 is 17.9 Å². The molecular formula is C61H118O6. The first-order valence-electron chi connectivity index (χ1n) is 30.1. The molecule has 6 heteroatoms. The van der Waals surface area contributed by atoms with E-state index in [1.54, 1.807) is 0 Å². The van der Waals surface area contributed by atoms with Crippen LogP contribution >= 0.6 is 0 Å². The highest BCUT2D eigenvalue weighted by atomic mass is 16.6. The summed E-state index contributed by atoms with van der Waals surface area (Å²) in [5, 5.41) is 0. The van der Waals surface area contributed by atoms with Crippen LogP contribution in [-0.4, -0.2) is 37.2 Å². The van der Waals surface area contributed by atoms with E-state index in [2.05, 4.69) is 41.5 Å². The minimum absolute atomic E-state index is 0.0634. The van der Waals surface area contributed by atoms with E-state index in [1.165, 1.54) is 218 Å². The molecule has 0 fully saturated rings. The zero-order chi connectivity index (χ0) is 49.1. The molecule has 6 nitrogen and oxygen atoms in total. The fourth-order valence-corrected chi connectivity index (χ4v) is 9.32. The molecule has 0 radical (unpaired) electrons. The Hall–Kier alpha value is -1.59. The first-order valence-corrected chi connectivity index (χ1v) is 30.1. The van der Waals surface area contributed by atoms with Gasteiger partial charge in [-0.2, -0.15) is 0 Å². The second-order valence-electron chi connectivity index (χ2n) is 22.2. The SMILES string of the molecule is CCC(C)CCCCCCCCCCC(=O)OC[C@@H](COC(=O)CCCCCCCCCCCCCCCCCCC(C)C)OC(=O)CCCCCCCCCCCCCCCCCC(C)C. The van der Waals surface area contributed by atoms with E-state index in [4.69, 9.17) is 14.2 Å².